The number of aliphatic hydroxyl groups is 3. The van der Waals surface area contributed by atoms with Crippen molar-refractivity contribution in [1.82, 2.24) is 4.90 Å². The van der Waals surface area contributed by atoms with Crippen LogP contribution < -0.4 is 5.73 Å². The van der Waals surface area contributed by atoms with Gasteiger partial charge in [-0.15, -0.1) is 0 Å². The highest BCUT2D eigenvalue weighted by molar-refractivity contribution is 6.22. The number of aromatic hydroxyl groups is 1. The Morgan fingerprint density at radius 1 is 1.00 bits per heavy atom. The first-order chi connectivity index (χ1) is 16.2. The lowest BCUT2D eigenvalue weighted by molar-refractivity contribution is -0.126. The van der Waals surface area contributed by atoms with E-state index in [1.807, 2.05) is 24.8 Å². The summed E-state index contributed by atoms with van der Waals surface area (Å²) >= 11 is 0. The highest BCUT2D eigenvalue weighted by Crippen LogP contribution is 2.54. The lowest BCUT2D eigenvalue weighted by Crippen LogP contribution is -2.53. The van der Waals surface area contributed by atoms with Crippen LogP contribution in [0, 0.1) is 11.8 Å². The Bertz CT molecular complexity index is 1200. The number of carbonyl (C=O) groups is 2. The Balaban J connectivity index is 1.75. The summed E-state index contributed by atoms with van der Waals surface area (Å²) in [7, 11) is 0. The molecule has 1 saturated carbocycles. The Labute approximate surface area is 197 Å². The van der Waals surface area contributed by atoms with Crippen LogP contribution in [0.3, 0.4) is 0 Å². The lowest BCUT2D eigenvalue weighted by atomic mass is 9.64. The minimum Gasteiger partial charge on any atom is -0.507 e. The Kier molecular flexibility index (Phi) is 5.24. The number of hydrogen-bond acceptors (Lipinski definition) is 7. The van der Waals surface area contributed by atoms with E-state index >= 15 is 0 Å². The Hall–Kier alpha value is -3.26. The average Bonchev–Trinajstić information content (AvgIpc) is 3.61. The number of nitrogens with zero attached hydrogens (tertiary/aromatic N) is 1. The summed E-state index contributed by atoms with van der Waals surface area (Å²) in [5.74, 6) is -3.34. The van der Waals surface area contributed by atoms with Gasteiger partial charge in [0, 0.05) is 17.1 Å². The fourth-order valence-electron chi connectivity index (χ4n) is 6.27. The van der Waals surface area contributed by atoms with Gasteiger partial charge in [0.15, 0.2) is 5.78 Å². The zero-order valence-corrected chi connectivity index (χ0v) is 19.3. The van der Waals surface area contributed by atoms with Crippen molar-refractivity contribution in [1.29, 1.82) is 0 Å². The number of benzene rings is 1. The SMILES string of the molecule is CCN(CC)C1C(=O)C(C(N)=O)=C(O)C2=C(O)C3=C(O)c4c(O)ccc(C5CC5)c4CC3CC21. The van der Waals surface area contributed by atoms with Gasteiger partial charge in [0.2, 0.25) is 0 Å². The molecule has 0 radical (unpaired) electrons. The number of fused-ring (bicyclic) bond motifs is 3. The average molecular weight is 467 g/mol. The predicted octanol–water partition coefficient (Wildman–Crippen LogP) is 3.13. The van der Waals surface area contributed by atoms with E-state index in [9.17, 15) is 30.0 Å². The first kappa shape index (κ1) is 22.5. The molecule has 6 N–H and O–H groups in total. The van der Waals surface area contributed by atoms with Crippen molar-refractivity contribution in [3.05, 3.63) is 57.1 Å². The number of carbonyl (C=O) groups excluding carboxylic acids is 2. The number of phenols is 1. The second-order valence-corrected chi connectivity index (χ2v) is 9.69. The van der Waals surface area contributed by atoms with Gasteiger partial charge >= 0.3 is 0 Å². The zero-order chi connectivity index (χ0) is 24.5. The molecule has 0 saturated heterocycles. The number of Topliss-reactive ketones (excluding diaryl/α,β-unsaturated/α-hetero) is 1. The summed E-state index contributed by atoms with van der Waals surface area (Å²) in [6.45, 7) is 4.88. The van der Waals surface area contributed by atoms with E-state index in [0.717, 1.165) is 24.0 Å². The van der Waals surface area contributed by atoms with Gasteiger partial charge in [-0.25, -0.2) is 0 Å². The van der Waals surface area contributed by atoms with Crippen molar-refractivity contribution in [2.24, 2.45) is 17.6 Å². The van der Waals surface area contributed by atoms with Gasteiger partial charge in [-0.2, -0.15) is 0 Å². The van der Waals surface area contributed by atoms with Gasteiger partial charge < -0.3 is 26.2 Å². The summed E-state index contributed by atoms with van der Waals surface area (Å²) < 4.78 is 0. The van der Waals surface area contributed by atoms with Crippen molar-refractivity contribution in [2.45, 2.75) is 51.5 Å². The molecule has 1 amide bonds. The molecule has 8 heteroatoms. The van der Waals surface area contributed by atoms with E-state index < -0.39 is 35.0 Å². The number of phenolic OH excluding ortho intramolecular Hbond substituents is 1. The van der Waals surface area contributed by atoms with Crippen LogP contribution in [0.1, 0.15) is 55.7 Å². The molecular weight excluding hydrogens is 436 g/mol. The highest BCUT2D eigenvalue weighted by atomic mass is 16.3. The maximum Gasteiger partial charge on any atom is 0.256 e. The molecule has 8 nitrogen and oxygen atoms in total. The van der Waals surface area contributed by atoms with Crippen LogP contribution in [0.25, 0.3) is 5.76 Å². The number of hydrogen-bond donors (Lipinski definition) is 5. The minimum atomic E-state index is -1.06. The summed E-state index contributed by atoms with van der Waals surface area (Å²) in [6, 6.07) is 2.71. The molecule has 0 spiro atoms. The minimum absolute atomic E-state index is 0.0596. The van der Waals surface area contributed by atoms with E-state index in [2.05, 4.69) is 0 Å². The fourth-order valence-corrected chi connectivity index (χ4v) is 6.27. The maximum atomic E-state index is 13.4. The molecule has 4 aliphatic rings. The second kappa shape index (κ2) is 7.91. The van der Waals surface area contributed by atoms with Crippen molar-refractivity contribution in [3.63, 3.8) is 0 Å². The van der Waals surface area contributed by atoms with E-state index in [-0.39, 0.29) is 34.3 Å². The molecule has 3 atom stereocenters. The molecule has 34 heavy (non-hydrogen) atoms. The van der Waals surface area contributed by atoms with Crippen molar-refractivity contribution < 1.29 is 30.0 Å². The third-order valence-electron chi connectivity index (χ3n) is 7.95. The van der Waals surface area contributed by atoms with Gasteiger partial charge in [0.1, 0.15) is 28.6 Å². The number of likely N-dealkylation sites (N-methyl/N-ethyl adjacent to an activating group) is 1. The predicted molar refractivity (Wildman–Crippen MR) is 125 cm³/mol. The van der Waals surface area contributed by atoms with E-state index in [1.165, 1.54) is 0 Å². The van der Waals surface area contributed by atoms with E-state index in [0.29, 0.717) is 37.4 Å². The van der Waals surface area contributed by atoms with Crippen LogP contribution in [0.4, 0.5) is 0 Å². The molecule has 180 valence electrons. The third kappa shape index (κ3) is 3.08. The molecule has 1 aromatic rings. The van der Waals surface area contributed by atoms with Crippen LogP contribution in [-0.4, -0.2) is 56.1 Å². The van der Waals surface area contributed by atoms with E-state index in [1.54, 1.807) is 6.07 Å². The molecule has 0 heterocycles. The highest BCUT2D eigenvalue weighted by Gasteiger charge is 2.51. The van der Waals surface area contributed by atoms with E-state index in [4.69, 9.17) is 5.73 Å². The van der Waals surface area contributed by atoms with Crippen molar-refractivity contribution in [3.8, 4) is 5.75 Å². The summed E-state index contributed by atoms with van der Waals surface area (Å²) in [4.78, 5) is 27.4. The van der Waals surface area contributed by atoms with Crippen LogP contribution in [0.15, 0.2) is 40.4 Å². The van der Waals surface area contributed by atoms with Gasteiger partial charge in [-0.1, -0.05) is 19.9 Å². The lowest BCUT2D eigenvalue weighted by Gasteiger charge is -2.44. The summed E-state index contributed by atoms with van der Waals surface area (Å²) in [5.41, 5.74) is 7.51. The second-order valence-electron chi connectivity index (χ2n) is 9.69. The molecular formula is C26H30N2O6. The van der Waals surface area contributed by atoms with Crippen LogP contribution >= 0.6 is 0 Å². The van der Waals surface area contributed by atoms with Crippen LogP contribution in [-0.2, 0) is 16.0 Å². The molecule has 1 aromatic carbocycles. The van der Waals surface area contributed by atoms with Gasteiger partial charge in [-0.05, 0) is 67.8 Å². The van der Waals surface area contributed by atoms with Crippen molar-refractivity contribution in [2.75, 3.05) is 13.1 Å². The number of ketones is 1. The van der Waals surface area contributed by atoms with Gasteiger partial charge in [-0.3, -0.25) is 14.5 Å². The maximum absolute atomic E-state index is 13.4. The van der Waals surface area contributed by atoms with Crippen LogP contribution in [0.5, 0.6) is 5.75 Å². The number of allylic oxidation sites excluding steroid dienone is 2. The molecule has 1 fully saturated rings. The first-order valence-corrected chi connectivity index (χ1v) is 11.9. The molecule has 3 unspecified atom stereocenters. The number of primary amides is 1. The number of aliphatic hydroxyl groups excluding tert-OH is 3. The molecule has 0 bridgehead atoms. The molecule has 5 rings (SSSR count). The number of nitrogens with two attached hydrogens (primary N) is 1. The summed E-state index contributed by atoms with van der Waals surface area (Å²) in [5, 5.41) is 44.2. The van der Waals surface area contributed by atoms with Gasteiger partial charge in [0.25, 0.3) is 5.91 Å². The fraction of sp³-hybridized carbons (Fsp3) is 0.462. The quantitative estimate of drug-likeness (QED) is 0.419. The normalized spacial score (nSPS) is 26.6. The van der Waals surface area contributed by atoms with Crippen molar-refractivity contribution >= 4 is 17.4 Å². The zero-order valence-electron chi connectivity index (χ0n) is 19.3. The standard InChI is InChI=1S/C26H30N2O6/c1-3-28(4-2)21-15-10-12-9-14-13(11-5-6-11)7-8-16(29)18(14)22(30)17(12)23(31)19(15)24(32)20(25(21)33)26(27)34/h7-8,11-12,15,21,29-32H,3-6,9-10H2,1-2H3,(H2,27,34). The largest absolute Gasteiger partial charge is 0.507 e. The Morgan fingerprint density at radius 2 is 1.68 bits per heavy atom. The first-order valence-electron chi connectivity index (χ1n) is 11.9. The van der Waals surface area contributed by atoms with Crippen LogP contribution in [0.2, 0.25) is 0 Å². The monoisotopic (exact) mass is 466 g/mol. The molecule has 4 aliphatic carbocycles. The third-order valence-corrected chi connectivity index (χ3v) is 7.95. The topological polar surface area (TPSA) is 144 Å². The number of amides is 1. The Morgan fingerprint density at radius 3 is 2.26 bits per heavy atom. The summed E-state index contributed by atoms with van der Waals surface area (Å²) in [6.07, 6.45) is 3.00. The van der Waals surface area contributed by atoms with Gasteiger partial charge in [0.05, 0.1) is 11.6 Å². The molecule has 0 aromatic heterocycles. The molecule has 0 aliphatic heterocycles. The number of rotatable bonds is 5. The smallest absolute Gasteiger partial charge is 0.256 e.